The summed E-state index contributed by atoms with van der Waals surface area (Å²) in [6, 6.07) is 28.5. The zero-order chi connectivity index (χ0) is 19.1. The number of rotatable bonds is 7. The summed E-state index contributed by atoms with van der Waals surface area (Å²) in [6.07, 6.45) is 2.57. The molecule has 3 rings (SSSR count). The van der Waals surface area contributed by atoms with E-state index >= 15 is 0 Å². The van der Waals surface area contributed by atoms with Gasteiger partial charge in [-0.25, -0.2) is 0 Å². The van der Waals surface area contributed by atoms with Crippen molar-refractivity contribution in [3.63, 3.8) is 0 Å². The lowest BCUT2D eigenvalue weighted by atomic mass is 9.94. The number of hydrogen-bond acceptors (Lipinski definition) is 2. The van der Waals surface area contributed by atoms with Gasteiger partial charge in [-0.05, 0) is 41.3 Å². The summed E-state index contributed by atoms with van der Waals surface area (Å²) in [5.74, 6) is 0.514. The van der Waals surface area contributed by atoms with Crippen LogP contribution in [-0.2, 0) is 4.79 Å². The third-order valence-corrected chi connectivity index (χ3v) is 5.24. The number of Topliss-reactive ketones (excluding diaryl/α,β-unsaturated/α-hetero) is 1. The fraction of sp³-hybridized carbons (Fsp3) is 0.160. The van der Waals surface area contributed by atoms with E-state index in [1.165, 1.54) is 4.90 Å². The average Bonchev–Trinajstić information content (AvgIpc) is 2.68. The Morgan fingerprint density at radius 2 is 1.44 bits per heavy atom. The Bertz CT molecular complexity index is 911. The summed E-state index contributed by atoms with van der Waals surface area (Å²) in [5, 5.41) is 0. The number of benzene rings is 3. The molecule has 0 radical (unpaired) electrons. The van der Waals surface area contributed by atoms with Crippen LogP contribution in [0.2, 0.25) is 0 Å². The Kier molecular flexibility index (Phi) is 6.67. The second-order valence-corrected chi connectivity index (χ2v) is 8.02. The van der Waals surface area contributed by atoms with E-state index in [0.717, 1.165) is 21.6 Å². The largest absolute Gasteiger partial charge is 0.294 e. The first kappa shape index (κ1) is 19.2. The molecule has 0 aromatic heterocycles. The van der Waals surface area contributed by atoms with Gasteiger partial charge < -0.3 is 0 Å². The van der Waals surface area contributed by atoms with Crippen molar-refractivity contribution in [2.45, 2.75) is 30.1 Å². The van der Waals surface area contributed by atoms with Gasteiger partial charge in [0.1, 0.15) is 0 Å². The monoisotopic (exact) mass is 372 g/mol. The zero-order valence-corrected chi connectivity index (χ0v) is 16.6. The number of carbonyl (C=O) groups excluding carboxylic acids is 1. The van der Waals surface area contributed by atoms with Gasteiger partial charge in [-0.15, -0.1) is 0 Å². The highest BCUT2D eigenvalue weighted by Gasteiger charge is 2.17. The minimum absolute atomic E-state index is 0.190. The van der Waals surface area contributed by atoms with Crippen molar-refractivity contribution in [1.82, 2.24) is 0 Å². The summed E-state index contributed by atoms with van der Waals surface area (Å²) >= 11 is 1.70. The molecule has 0 heterocycles. The quantitative estimate of drug-likeness (QED) is 0.328. The molecule has 3 aromatic rings. The predicted molar refractivity (Wildman–Crippen MR) is 116 cm³/mol. The second kappa shape index (κ2) is 9.38. The van der Waals surface area contributed by atoms with E-state index in [4.69, 9.17) is 0 Å². The lowest BCUT2D eigenvalue weighted by Gasteiger charge is -2.14. The molecule has 0 amide bonds. The molecule has 0 unspecified atom stereocenters. The zero-order valence-electron chi connectivity index (χ0n) is 15.8. The predicted octanol–water partition coefficient (Wildman–Crippen LogP) is 6.99. The van der Waals surface area contributed by atoms with E-state index in [9.17, 15) is 4.79 Å². The lowest BCUT2D eigenvalue weighted by molar-refractivity contribution is -0.114. The van der Waals surface area contributed by atoms with Crippen molar-refractivity contribution >= 4 is 29.2 Å². The van der Waals surface area contributed by atoms with Crippen molar-refractivity contribution in [3.05, 3.63) is 96.1 Å². The van der Waals surface area contributed by atoms with Crippen LogP contribution < -0.4 is 0 Å². The van der Waals surface area contributed by atoms with Crippen LogP contribution in [0.3, 0.4) is 0 Å². The first-order valence-corrected chi connectivity index (χ1v) is 10.1. The fourth-order valence-corrected chi connectivity index (χ4v) is 3.88. The van der Waals surface area contributed by atoms with Gasteiger partial charge in [-0.3, -0.25) is 4.79 Å². The topological polar surface area (TPSA) is 17.1 Å². The summed E-state index contributed by atoms with van der Waals surface area (Å²) in [6.45, 7) is 4.17. The van der Waals surface area contributed by atoms with Crippen LogP contribution in [-0.4, -0.2) is 5.78 Å². The van der Waals surface area contributed by atoms with E-state index in [-0.39, 0.29) is 5.78 Å². The number of hydrogen-bond donors (Lipinski definition) is 0. The molecule has 0 bridgehead atoms. The van der Waals surface area contributed by atoms with Crippen molar-refractivity contribution in [1.29, 1.82) is 0 Å². The molecule has 0 fully saturated rings. The SMILES string of the molecule is CC(C)CC(=O)/C(=C\c1ccccc1)c1ccccc1Sc1ccccc1. The first-order chi connectivity index (χ1) is 13.1. The standard InChI is InChI=1S/C25H24OS/c1-19(2)17-24(26)23(18-20-11-5-3-6-12-20)22-15-9-10-16-25(22)27-21-13-7-4-8-14-21/h3-16,18-19H,17H2,1-2H3/b23-18-. The number of ketones is 1. The highest BCUT2D eigenvalue weighted by molar-refractivity contribution is 7.99. The van der Waals surface area contributed by atoms with E-state index in [0.29, 0.717) is 12.3 Å². The third kappa shape index (κ3) is 5.45. The van der Waals surface area contributed by atoms with Crippen LogP contribution in [0.15, 0.2) is 94.7 Å². The number of carbonyl (C=O) groups is 1. The van der Waals surface area contributed by atoms with E-state index < -0.39 is 0 Å². The molecular weight excluding hydrogens is 348 g/mol. The summed E-state index contributed by atoms with van der Waals surface area (Å²) < 4.78 is 0. The molecule has 0 atom stereocenters. The van der Waals surface area contributed by atoms with E-state index in [1.54, 1.807) is 11.8 Å². The van der Waals surface area contributed by atoms with Crippen molar-refractivity contribution in [2.24, 2.45) is 5.92 Å². The molecule has 3 aromatic carbocycles. The molecule has 2 heteroatoms. The molecule has 136 valence electrons. The van der Waals surface area contributed by atoms with Gasteiger partial charge in [-0.1, -0.05) is 92.3 Å². The molecule has 0 saturated heterocycles. The molecule has 0 saturated carbocycles. The van der Waals surface area contributed by atoms with E-state index in [1.807, 2.05) is 66.7 Å². The normalized spacial score (nSPS) is 11.6. The maximum Gasteiger partial charge on any atom is 0.163 e. The fourth-order valence-electron chi connectivity index (χ4n) is 2.90. The van der Waals surface area contributed by atoms with Gasteiger partial charge >= 0.3 is 0 Å². The van der Waals surface area contributed by atoms with Crippen molar-refractivity contribution < 1.29 is 4.79 Å². The molecule has 0 aliphatic rings. The molecule has 1 nitrogen and oxygen atoms in total. The summed E-state index contributed by atoms with van der Waals surface area (Å²) in [7, 11) is 0. The highest BCUT2D eigenvalue weighted by Crippen LogP contribution is 2.35. The van der Waals surface area contributed by atoms with Crippen LogP contribution in [0.4, 0.5) is 0 Å². The Morgan fingerprint density at radius 1 is 0.852 bits per heavy atom. The minimum Gasteiger partial charge on any atom is -0.294 e. The molecule has 0 spiro atoms. The van der Waals surface area contributed by atoms with Gasteiger partial charge in [0.25, 0.3) is 0 Å². The maximum absolute atomic E-state index is 13.1. The van der Waals surface area contributed by atoms with Crippen molar-refractivity contribution in [3.8, 4) is 0 Å². The van der Waals surface area contributed by atoms with E-state index in [2.05, 4.69) is 38.1 Å². The van der Waals surface area contributed by atoms with Gasteiger partial charge in [0, 0.05) is 21.8 Å². The summed E-state index contributed by atoms with van der Waals surface area (Å²) in [5.41, 5.74) is 2.83. The van der Waals surface area contributed by atoms with Crippen LogP contribution in [0, 0.1) is 5.92 Å². The maximum atomic E-state index is 13.1. The average molecular weight is 373 g/mol. The Morgan fingerprint density at radius 3 is 2.11 bits per heavy atom. The highest BCUT2D eigenvalue weighted by atomic mass is 32.2. The van der Waals surface area contributed by atoms with Crippen LogP contribution in [0.1, 0.15) is 31.4 Å². The minimum atomic E-state index is 0.190. The Hall–Kier alpha value is -2.58. The molecule has 0 N–H and O–H groups in total. The Balaban J connectivity index is 2.04. The van der Waals surface area contributed by atoms with Crippen LogP contribution >= 0.6 is 11.8 Å². The third-order valence-electron chi connectivity index (χ3n) is 4.15. The Labute approximate surface area is 166 Å². The first-order valence-electron chi connectivity index (χ1n) is 9.25. The molecule has 27 heavy (non-hydrogen) atoms. The second-order valence-electron chi connectivity index (χ2n) is 6.90. The molecular formula is C25H24OS. The lowest BCUT2D eigenvalue weighted by Crippen LogP contribution is -2.06. The van der Waals surface area contributed by atoms with Crippen LogP contribution in [0.5, 0.6) is 0 Å². The van der Waals surface area contributed by atoms with Crippen LogP contribution in [0.25, 0.3) is 11.6 Å². The van der Waals surface area contributed by atoms with Gasteiger partial charge in [0.05, 0.1) is 0 Å². The molecule has 0 aliphatic heterocycles. The smallest absolute Gasteiger partial charge is 0.163 e. The van der Waals surface area contributed by atoms with Gasteiger partial charge in [0.2, 0.25) is 0 Å². The van der Waals surface area contributed by atoms with Gasteiger partial charge in [-0.2, -0.15) is 0 Å². The van der Waals surface area contributed by atoms with Gasteiger partial charge in [0.15, 0.2) is 5.78 Å². The molecule has 0 aliphatic carbocycles. The number of allylic oxidation sites excluding steroid dienone is 1. The summed E-state index contributed by atoms with van der Waals surface area (Å²) in [4.78, 5) is 15.4. The van der Waals surface area contributed by atoms with Crippen molar-refractivity contribution in [2.75, 3.05) is 0 Å².